The molecular formula is C15H12FNO. The lowest BCUT2D eigenvalue weighted by Crippen LogP contribution is -1.98. The average Bonchev–Trinajstić information content (AvgIpc) is 2.37. The molecule has 0 atom stereocenters. The molecule has 18 heavy (non-hydrogen) atoms. The Bertz CT molecular complexity index is 602. The number of ether oxygens (including phenoxy) is 1. The van der Waals surface area contributed by atoms with E-state index in [1.165, 1.54) is 12.1 Å². The van der Waals surface area contributed by atoms with Gasteiger partial charge in [0.1, 0.15) is 18.2 Å². The van der Waals surface area contributed by atoms with E-state index in [2.05, 4.69) is 6.07 Å². The van der Waals surface area contributed by atoms with Crippen molar-refractivity contribution in [2.45, 2.75) is 13.5 Å². The van der Waals surface area contributed by atoms with E-state index in [0.717, 1.165) is 11.1 Å². The normalized spacial score (nSPS) is 9.83. The van der Waals surface area contributed by atoms with Crippen LogP contribution in [-0.4, -0.2) is 0 Å². The minimum absolute atomic E-state index is 0.316. The Morgan fingerprint density at radius 3 is 2.72 bits per heavy atom. The fourth-order valence-electron chi connectivity index (χ4n) is 1.65. The van der Waals surface area contributed by atoms with Gasteiger partial charge in [-0.1, -0.05) is 12.1 Å². The second kappa shape index (κ2) is 5.33. The fourth-order valence-corrected chi connectivity index (χ4v) is 1.65. The summed E-state index contributed by atoms with van der Waals surface area (Å²) in [5, 5.41) is 8.77. The number of aryl methyl sites for hydroxylation is 1. The Labute approximate surface area is 105 Å². The van der Waals surface area contributed by atoms with Crippen LogP contribution in [-0.2, 0) is 6.61 Å². The maximum absolute atomic E-state index is 13.0. The van der Waals surface area contributed by atoms with Gasteiger partial charge in [-0.2, -0.15) is 5.26 Å². The van der Waals surface area contributed by atoms with Gasteiger partial charge in [0.25, 0.3) is 0 Å². The molecule has 0 spiro atoms. The molecule has 0 N–H and O–H groups in total. The molecule has 2 aromatic carbocycles. The third-order valence-electron chi connectivity index (χ3n) is 2.66. The zero-order valence-electron chi connectivity index (χ0n) is 9.98. The zero-order valence-corrected chi connectivity index (χ0v) is 9.98. The third-order valence-corrected chi connectivity index (χ3v) is 2.66. The van der Waals surface area contributed by atoms with Crippen molar-refractivity contribution in [1.29, 1.82) is 5.26 Å². The molecule has 0 heterocycles. The van der Waals surface area contributed by atoms with Gasteiger partial charge in [-0.3, -0.25) is 0 Å². The summed E-state index contributed by atoms with van der Waals surface area (Å²) in [6.45, 7) is 2.28. The fraction of sp³-hybridized carbons (Fsp3) is 0.133. The summed E-state index contributed by atoms with van der Waals surface area (Å²) in [6, 6.07) is 13.5. The summed E-state index contributed by atoms with van der Waals surface area (Å²) in [4.78, 5) is 0. The van der Waals surface area contributed by atoms with Crippen molar-refractivity contribution in [1.82, 2.24) is 0 Å². The largest absolute Gasteiger partial charge is 0.489 e. The number of hydrogen-bond donors (Lipinski definition) is 0. The van der Waals surface area contributed by atoms with Crippen molar-refractivity contribution in [3.8, 4) is 11.8 Å². The summed E-state index contributed by atoms with van der Waals surface area (Å²) in [5.41, 5.74) is 2.60. The Balaban J connectivity index is 2.09. The van der Waals surface area contributed by atoms with E-state index in [-0.39, 0.29) is 5.82 Å². The maximum Gasteiger partial charge on any atom is 0.126 e. The molecule has 0 unspecified atom stereocenters. The van der Waals surface area contributed by atoms with Crippen LogP contribution in [0.25, 0.3) is 0 Å². The SMILES string of the molecule is Cc1cc(C#N)ccc1COc1cccc(F)c1. The van der Waals surface area contributed by atoms with Crippen LogP contribution in [0.15, 0.2) is 42.5 Å². The highest BCUT2D eigenvalue weighted by Gasteiger charge is 2.02. The van der Waals surface area contributed by atoms with Gasteiger partial charge >= 0.3 is 0 Å². The summed E-state index contributed by atoms with van der Waals surface area (Å²) in [6.07, 6.45) is 0. The van der Waals surface area contributed by atoms with Crippen molar-refractivity contribution in [2.75, 3.05) is 0 Å². The lowest BCUT2D eigenvalue weighted by Gasteiger charge is -2.09. The van der Waals surface area contributed by atoms with Gasteiger partial charge in [0.15, 0.2) is 0 Å². The van der Waals surface area contributed by atoms with Crippen molar-refractivity contribution < 1.29 is 9.13 Å². The molecule has 3 heteroatoms. The predicted molar refractivity (Wildman–Crippen MR) is 66.6 cm³/mol. The molecule has 0 radical (unpaired) electrons. The Kier molecular flexibility index (Phi) is 3.59. The van der Waals surface area contributed by atoms with E-state index in [1.807, 2.05) is 19.1 Å². The molecule has 0 saturated carbocycles. The number of nitrogens with zero attached hydrogens (tertiary/aromatic N) is 1. The molecule has 0 fully saturated rings. The number of nitriles is 1. The molecule has 0 saturated heterocycles. The predicted octanol–water partition coefficient (Wildman–Crippen LogP) is 3.58. The number of rotatable bonds is 3. The first-order valence-electron chi connectivity index (χ1n) is 5.57. The first kappa shape index (κ1) is 12.1. The number of hydrogen-bond acceptors (Lipinski definition) is 2. The van der Waals surface area contributed by atoms with Crippen LogP contribution in [0.2, 0.25) is 0 Å². The smallest absolute Gasteiger partial charge is 0.126 e. The van der Waals surface area contributed by atoms with Crippen molar-refractivity contribution in [2.24, 2.45) is 0 Å². The van der Waals surface area contributed by atoms with E-state index in [1.54, 1.807) is 18.2 Å². The standard InChI is InChI=1S/C15H12FNO/c1-11-7-12(9-17)5-6-13(11)10-18-15-4-2-3-14(16)8-15/h2-8H,10H2,1H3. The molecular weight excluding hydrogens is 229 g/mol. The van der Waals surface area contributed by atoms with Crippen LogP contribution in [0, 0.1) is 24.1 Å². The molecule has 0 amide bonds. The highest BCUT2D eigenvalue weighted by Crippen LogP contribution is 2.16. The first-order chi connectivity index (χ1) is 8.69. The van der Waals surface area contributed by atoms with Gasteiger partial charge < -0.3 is 4.74 Å². The van der Waals surface area contributed by atoms with Gasteiger partial charge in [-0.05, 0) is 42.3 Å². The first-order valence-corrected chi connectivity index (χ1v) is 5.57. The zero-order chi connectivity index (χ0) is 13.0. The van der Waals surface area contributed by atoms with Gasteiger partial charge in [-0.25, -0.2) is 4.39 Å². The van der Waals surface area contributed by atoms with Crippen LogP contribution < -0.4 is 4.74 Å². The van der Waals surface area contributed by atoms with Gasteiger partial charge in [-0.15, -0.1) is 0 Å². The van der Waals surface area contributed by atoms with Crippen molar-refractivity contribution in [3.05, 3.63) is 65.0 Å². The summed E-state index contributed by atoms with van der Waals surface area (Å²) in [7, 11) is 0. The van der Waals surface area contributed by atoms with Crippen molar-refractivity contribution >= 4 is 0 Å². The molecule has 0 aliphatic rings. The topological polar surface area (TPSA) is 33.0 Å². The van der Waals surface area contributed by atoms with E-state index in [9.17, 15) is 4.39 Å². The van der Waals surface area contributed by atoms with Gasteiger partial charge in [0.05, 0.1) is 11.6 Å². The minimum atomic E-state index is -0.316. The Morgan fingerprint density at radius 1 is 1.22 bits per heavy atom. The van der Waals surface area contributed by atoms with Crippen LogP contribution >= 0.6 is 0 Å². The Hall–Kier alpha value is -2.34. The van der Waals surface area contributed by atoms with E-state index in [0.29, 0.717) is 17.9 Å². The van der Waals surface area contributed by atoms with Gasteiger partial charge in [0, 0.05) is 6.07 Å². The third kappa shape index (κ3) is 2.86. The second-order valence-electron chi connectivity index (χ2n) is 4.00. The summed E-state index contributed by atoms with van der Waals surface area (Å²) >= 11 is 0. The van der Waals surface area contributed by atoms with Crippen LogP contribution in [0.1, 0.15) is 16.7 Å². The minimum Gasteiger partial charge on any atom is -0.489 e. The monoisotopic (exact) mass is 241 g/mol. The molecule has 90 valence electrons. The molecule has 2 nitrogen and oxygen atoms in total. The molecule has 0 aliphatic heterocycles. The number of halogens is 1. The lowest BCUT2D eigenvalue weighted by molar-refractivity contribution is 0.304. The highest BCUT2D eigenvalue weighted by molar-refractivity contribution is 5.37. The second-order valence-corrected chi connectivity index (χ2v) is 4.00. The quantitative estimate of drug-likeness (QED) is 0.822. The van der Waals surface area contributed by atoms with E-state index >= 15 is 0 Å². The number of benzene rings is 2. The Morgan fingerprint density at radius 2 is 2.06 bits per heavy atom. The molecule has 0 aromatic heterocycles. The van der Waals surface area contributed by atoms with Crippen LogP contribution in [0.5, 0.6) is 5.75 Å². The molecule has 2 rings (SSSR count). The lowest BCUT2D eigenvalue weighted by atomic mass is 10.1. The van der Waals surface area contributed by atoms with Crippen LogP contribution in [0.3, 0.4) is 0 Å². The molecule has 2 aromatic rings. The molecule has 0 aliphatic carbocycles. The molecule has 0 bridgehead atoms. The maximum atomic E-state index is 13.0. The van der Waals surface area contributed by atoms with Gasteiger partial charge in [0.2, 0.25) is 0 Å². The summed E-state index contributed by atoms with van der Waals surface area (Å²) in [5.74, 6) is 0.183. The van der Waals surface area contributed by atoms with Crippen LogP contribution in [0.4, 0.5) is 4.39 Å². The van der Waals surface area contributed by atoms with Crippen molar-refractivity contribution in [3.63, 3.8) is 0 Å². The summed E-state index contributed by atoms with van der Waals surface area (Å²) < 4.78 is 18.5. The highest BCUT2D eigenvalue weighted by atomic mass is 19.1. The van der Waals surface area contributed by atoms with E-state index < -0.39 is 0 Å². The van der Waals surface area contributed by atoms with E-state index in [4.69, 9.17) is 10.00 Å². The average molecular weight is 241 g/mol.